The fraction of sp³-hybridized carbons (Fsp3) is 0.250. The van der Waals surface area contributed by atoms with Gasteiger partial charge in [-0.25, -0.2) is 14.1 Å². The van der Waals surface area contributed by atoms with Gasteiger partial charge in [0.25, 0.3) is 5.91 Å². The monoisotopic (exact) mass is 324 g/mol. The maximum atomic E-state index is 13.0. The third-order valence-electron chi connectivity index (χ3n) is 3.12. The smallest absolute Gasteiger partial charge is 0.255 e. The highest BCUT2D eigenvalue weighted by Crippen LogP contribution is 2.25. The Hall–Kier alpha value is -1.76. The van der Waals surface area contributed by atoms with Crippen LogP contribution >= 0.6 is 15.9 Å². The van der Waals surface area contributed by atoms with E-state index < -0.39 is 0 Å². The molecule has 0 atom stereocenters. The normalized spacial score (nSPS) is 15.4. The number of hydrogen-bond acceptors (Lipinski definition) is 3. The van der Waals surface area contributed by atoms with Gasteiger partial charge in [-0.2, -0.15) is 5.10 Å². The summed E-state index contributed by atoms with van der Waals surface area (Å²) in [7, 11) is 0. The first-order valence-corrected chi connectivity index (χ1v) is 6.53. The molecule has 0 bridgehead atoms. The molecule has 3 rings (SSSR count). The molecule has 0 unspecified atom stereocenters. The van der Waals surface area contributed by atoms with Crippen molar-refractivity contribution >= 4 is 21.8 Å². The van der Waals surface area contributed by atoms with Crippen molar-refractivity contribution in [3.63, 3.8) is 0 Å². The zero-order valence-electron chi connectivity index (χ0n) is 9.83. The molecule has 7 heteroatoms. The summed E-state index contributed by atoms with van der Waals surface area (Å²) in [4.78, 5) is 17.8. The molecule has 1 aliphatic heterocycles. The van der Waals surface area contributed by atoms with E-state index in [0.717, 1.165) is 0 Å². The molecule has 0 saturated carbocycles. The molecule has 0 aliphatic carbocycles. The van der Waals surface area contributed by atoms with Crippen LogP contribution in [0, 0.1) is 5.82 Å². The lowest BCUT2D eigenvalue weighted by Gasteiger charge is -2.39. The van der Waals surface area contributed by atoms with Gasteiger partial charge in [-0.3, -0.25) is 4.79 Å². The van der Waals surface area contributed by atoms with Crippen molar-refractivity contribution in [3.05, 3.63) is 46.7 Å². The van der Waals surface area contributed by atoms with E-state index in [9.17, 15) is 9.18 Å². The Balaban J connectivity index is 1.70. The summed E-state index contributed by atoms with van der Waals surface area (Å²) in [5.74, 6) is -0.476. The van der Waals surface area contributed by atoms with Crippen LogP contribution in [0.5, 0.6) is 0 Å². The first kappa shape index (κ1) is 12.3. The number of benzene rings is 1. The topological polar surface area (TPSA) is 51.0 Å². The second-order valence-corrected chi connectivity index (χ2v) is 5.22. The highest BCUT2D eigenvalue weighted by atomic mass is 79.9. The molecule has 1 aliphatic rings. The number of carbonyl (C=O) groups excluding carboxylic acids is 1. The maximum absolute atomic E-state index is 13.0. The number of hydrogen-bond donors (Lipinski definition) is 0. The highest BCUT2D eigenvalue weighted by molar-refractivity contribution is 9.10. The lowest BCUT2D eigenvalue weighted by molar-refractivity contribution is 0.0500. The summed E-state index contributed by atoms with van der Waals surface area (Å²) in [5, 5.41) is 4.04. The number of carbonyl (C=O) groups is 1. The molecule has 98 valence electrons. The summed E-state index contributed by atoms with van der Waals surface area (Å²) in [5.41, 5.74) is 0.471. The van der Waals surface area contributed by atoms with Crippen LogP contribution in [0.25, 0.3) is 0 Å². The number of nitrogens with zero attached hydrogens (tertiary/aromatic N) is 4. The fourth-order valence-corrected chi connectivity index (χ4v) is 2.55. The van der Waals surface area contributed by atoms with Crippen LogP contribution in [0.4, 0.5) is 4.39 Å². The highest BCUT2D eigenvalue weighted by Gasteiger charge is 2.33. The van der Waals surface area contributed by atoms with Crippen LogP contribution in [0.2, 0.25) is 0 Å². The van der Waals surface area contributed by atoms with E-state index in [1.165, 1.54) is 24.5 Å². The Morgan fingerprint density at radius 3 is 2.84 bits per heavy atom. The molecular weight excluding hydrogens is 315 g/mol. The third kappa shape index (κ3) is 2.25. The lowest BCUT2D eigenvalue weighted by Crippen LogP contribution is -2.50. The number of amides is 1. The average Bonchev–Trinajstić information content (AvgIpc) is 2.80. The van der Waals surface area contributed by atoms with Crippen molar-refractivity contribution < 1.29 is 9.18 Å². The van der Waals surface area contributed by atoms with Gasteiger partial charge in [-0.15, -0.1) is 0 Å². The van der Waals surface area contributed by atoms with Crippen LogP contribution in [0.1, 0.15) is 16.4 Å². The van der Waals surface area contributed by atoms with E-state index >= 15 is 0 Å². The molecule has 1 saturated heterocycles. The second kappa shape index (κ2) is 4.73. The Morgan fingerprint density at radius 1 is 1.42 bits per heavy atom. The molecule has 1 amide bonds. The fourth-order valence-electron chi connectivity index (χ4n) is 2.03. The molecule has 5 nitrogen and oxygen atoms in total. The largest absolute Gasteiger partial charge is 0.334 e. The van der Waals surface area contributed by atoms with Crippen molar-refractivity contribution in [1.82, 2.24) is 19.7 Å². The van der Waals surface area contributed by atoms with Crippen molar-refractivity contribution in [2.45, 2.75) is 6.04 Å². The molecule has 0 radical (unpaired) electrons. The molecule has 2 heterocycles. The second-order valence-electron chi connectivity index (χ2n) is 4.36. The van der Waals surface area contributed by atoms with Crippen LogP contribution in [0.3, 0.4) is 0 Å². The van der Waals surface area contributed by atoms with Gasteiger partial charge in [0, 0.05) is 17.6 Å². The maximum Gasteiger partial charge on any atom is 0.255 e. The van der Waals surface area contributed by atoms with Crippen molar-refractivity contribution in [2.75, 3.05) is 13.1 Å². The van der Waals surface area contributed by atoms with Gasteiger partial charge in [-0.05, 0) is 34.1 Å². The molecule has 1 aromatic heterocycles. The minimum Gasteiger partial charge on any atom is -0.334 e. The molecular formula is C12H10BrFN4O. The van der Waals surface area contributed by atoms with Gasteiger partial charge in [0.15, 0.2) is 0 Å². The summed E-state index contributed by atoms with van der Waals surface area (Å²) >= 11 is 3.21. The van der Waals surface area contributed by atoms with Crippen molar-refractivity contribution in [1.29, 1.82) is 0 Å². The minimum atomic E-state index is -0.368. The van der Waals surface area contributed by atoms with Gasteiger partial charge < -0.3 is 4.90 Å². The zero-order chi connectivity index (χ0) is 13.4. The van der Waals surface area contributed by atoms with E-state index in [2.05, 4.69) is 26.0 Å². The molecule has 0 N–H and O–H groups in total. The Morgan fingerprint density at radius 2 is 2.21 bits per heavy atom. The van der Waals surface area contributed by atoms with Gasteiger partial charge >= 0.3 is 0 Å². The third-order valence-corrected chi connectivity index (χ3v) is 3.78. The van der Waals surface area contributed by atoms with E-state index in [1.807, 2.05) is 0 Å². The van der Waals surface area contributed by atoms with Crippen LogP contribution in [-0.2, 0) is 0 Å². The van der Waals surface area contributed by atoms with Crippen molar-refractivity contribution in [3.8, 4) is 0 Å². The first-order chi connectivity index (χ1) is 9.15. The van der Waals surface area contributed by atoms with E-state index in [-0.39, 0.29) is 17.8 Å². The SMILES string of the molecule is O=C(c1ccc(F)cc1Br)N1CC(n2cncn2)C1. The van der Waals surface area contributed by atoms with E-state index in [1.54, 1.807) is 15.9 Å². The molecule has 1 aromatic carbocycles. The van der Waals surface area contributed by atoms with Crippen molar-refractivity contribution in [2.24, 2.45) is 0 Å². The van der Waals surface area contributed by atoms with Crippen LogP contribution in [0.15, 0.2) is 35.3 Å². The van der Waals surface area contributed by atoms with E-state index in [0.29, 0.717) is 23.1 Å². The Kier molecular flexibility index (Phi) is 3.06. The summed E-state index contributed by atoms with van der Waals surface area (Å²) in [6.07, 6.45) is 3.11. The summed E-state index contributed by atoms with van der Waals surface area (Å²) in [6, 6.07) is 4.24. The van der Waals surface area contributed by atoms with Gasteiger partial charge in [0.05, 0.1) is 11.6 Å². The average molecular weight is 325 g/mol. The quantitative estimate of drug-likeness (QED) is 0.847. The summed E-state index contributed by atoms with van der Waals surface area (Å²) in [6.45, 7) is 1.18. The predicted octanol–water partition coefficient (Wildman–Crippen LogP) is 1.88. The molecule has 2 aromatic rings. The number of aromatic nitrogens is 3. The number of likely N-dealkylation sites (tertiary alicyclic amines) is 1. The zero-order valence-corrected chi connectivity index (χ0v) is 11.4. The van der Waals surface area contributed by atoms with Gasteiger partial charge in [0.2, 0.25) is 0 Å². The summed E-state index contributed by atoms with van der Waals surface area (Å²) < 4.78 is 15.2. The van der Waals surface area contributed by atoms with Gasteiger partial charge in [-0.1, -0.05) is 0 Å². The van der Waals surface area contributed by atoms with Gasteiger partial charge in [0.1, 0.15) is 18.5 Å². The standard InChI is InChI=1S/C12H10BrFN4O/c13-11-3-8(14)1-2-10(11)12(19)17-4-9(5-17)18-7-15-6-16-18/h1-3,6-7,9H,4-5H2. The molecule has 0 spiro atoms. The Labute approximate surface area is 117 Å². The molecule has 1 fully saturated rings. The molecule has 19 heavy (non-hydrogen) atoms. The predicted molar refractivity (Wildman–Crippen MR) is 69.1 cm³/mol. The minimum absolute atomic E-state index is 0.108. The number of rotatable bonds is 2. The Bertz CT molecular complexity index is 610. The van der Waals surface area contributed by atoms with Crippen LogP contribution in [-0.4, -0.2) is 38.7 Å². The lowest BCUT2D eigenvalue weighted by atomic mass is 10.1. The first-order valence-electron chi connectivity index (χ1n) is 5.73. The number of halogens is 2. The van der Waals surface area contributed by atoms with E-state index in [4.69, 9.17) is 0 Å². The van der Waals surface area contributed by atoms with Crippen LogP contribution < -0.4 is 0 Å².